The molecule has 4 amide bonds. The number of urea groups is 1. The lowest BCUT2D eigenvalue weighted by molar-refractivity contribution is -0.138. The van der Waals surface area contributed by atoms with Gasteiger partial charge in [-0.15, -0.1) is 0 Å². The molecular weight excluding hydrogens is 564 g/mol. The van der Waals surface area contributed by atoms with Crippen molar-refractivity contribution in [3.8, 4) is 11.5 Å². The highest BCUT2D eigenvalue weighted by Crippen LogP contribution is 2.31. The summed E-state index contributed by atoms with van der Waals surface area (Å²) in [4.78, 5) is 50.5. The summed E-state index contributed by atoms with van der Waals surface area (Å²) in [6.45, 7) is 5.79. The molecule has 0 radical (unpaired) electrons. The molecule has 234 valence electrons. The fourth-order valence-corrected chi connectivity index (χ4v) is 4.71. The van der Waals surface area contributed by atoms with Crippen LogP contribution in [0, 0.1) is 18.8 Å². The number of carboxylic acid groups (broad SMARTS) is 1. The molecule has 0 saturated heterocycles. The molecule has 0 aliphatic carbocycles. The number of nitrogens with one attached hydrogen (secondary N) is 4. The number of carbonyl (C=O) groups excluding carboxylic acids is 3. The lowest BCUT2D eigenvalue weighted by Crippen LogP contribution is -2.37. The van der Waals surface area contributed by atoms with Crippen LogP contribution in [0.3, 0.4) is 0 Å². The van der Waals surface area contributed by atoms with E-state index in [0.717, 1.165) is 5.56 Å². The van der Waals surface area contributed by atoms with Crippen molar-refractivity contribution < 1.29 is 33.8 Å². The van der Waals surface area contributed by atoms with E-state index in [2.05, 4.69) is 21.3 Å². The average Bonchev–Trinajstić information content (AvgIpc) is 2.97. The molecule has 11 heteroatoms. The number of hydrogen-bond acceptors (Lipinski definition) is 6. The summed E-state index contributed by atoms with van der Waals surface area (Å²) in [5, 5.41) is 20.7. The summed E-state index contributed by atoms with van der Waals surface area (Å²) < 4.78 is 10.6. The van der Waals surface area contributed by atoms with Crippen LogP contribution in [-0.2, 0) is 14.4 Å². The maximum atomic E-state index is 13.4. The summed E-state index contributed by atoms with van der Waals surface area (Å²) >= 11 is 0. The van der Waals surface area contributed by atoms with Crippen molar-refractivity contribution in [2.24, 2.45) is 11.8 Å². The summed E-state index contributed by atoms with van der Waals surface area (Å²) in [7, 11) is 2.96. The molecule has 0 bridgehead atoms. The first-order valence-electron chi connectivity index (χ1n) is 14.3. The van der Waals surface area contributed by atoms with E-state index in [1.165, 1.54) is 14.2 Å². The number of para-hydroxylation sites is 1. The molecule has 2 atom stereocenters. The van der Waals surface area contributed by atoms with E-state index in [1.807, 2.05) is 45.0 Å². The van der Waals surface area contributed by atoms with Crippen LogP contribution in [0.5, 0.6) is 11.5 Å². The largest absolute Gasteiger partial charge is 0.493 e. The van der Waals surface area contributed by atoms with Gasteiger partial charge in [0.15, 0.2) is 11.5 Å². The van der Waals surface area contributed by atoms with Gasteiger partial charge in [-0.25, -0.2) is 4.79 Å². The van der Waals surface area contributed by atoms with Gasteiger partial charge in [0.2, 0.25) is 11.8 Å². The molecule has 44 heavy (non-hydrogen) atoms. The van der Waals surface area contributed by atoms with Crippen molar-refractivity contribution in [1.82, 2.24) is 5.32 Å². The van der Waals surface area contributed by atoms with Gasteiger partial charge in [0.1, 0.15) is 0 Å². The van der Waals surface area contributed by atoms with Crippen molar-refractivity contribution in [2.75, 3.05) is 30.2 Å². The molecule has 2 unspecified atom stereocenters. The van der Waals surface area contributed by atoms with E-state index in [-0.39, 0.29) is 24.7 Å². The first-order chi connectivity index (χ1) is 21.0. The van der Waals surface area contributed by atoms with Crippen molar-refractivity contribution in [2.45, 2.75) is 46.1 Å². The zero-order valence-electron chi connectivity index (χ0n) is 25.6. The van der Waals surface area contributed by atoms with Crippen LogP contribution in [0.1, 0.15) is 50.3 Å². The number of carboxylic acids is 1. The molecule has 11 nitrogen and oxygen atoms in total. The number of methoxy groups -OCH3 is 2. The summed E-state index contributed by atoms with van der Waals surface area (Å²) in [6, 6.07) is 17.7. The standard InChI is InChI=1S/C33H40N4O7/c1-20(2)16-23(32(41)36-27(19-31(39)40)22-10-15-28(43-4)29(17-22)44-5)18-30(38)34-24-11-13-25(14-12-24)35-33(42)37-26-9-7-6-8-21(26)3/h6-15,17,20,23,27H,16,18-19H2,1-5H3,(H,34,38)(H,36,41)(H,39,40)(H2,35,37,42). The molecule has 0 fully saturated rings. The average molecular weight is 605 g/mol. The first kappa shape index (κ1) is 33.4. The summed E-state index contributed by atoms with van der Waals surface area (Å²) in [5.74, 6) is -1.60. The van der Waals surface area contributed by atoms with Gasteiger partial charge in [-0.05, 0) is 72.9 Å². The quantitative estimate of drug-likeness (QED) is 0.152. The van der Waals surface area contributed by atoms with Crippen LogP contribution in [0.15, 0.2) is 66.7 Å². The highest BCUT2D eigenvalue weighted by atomic mass is 16.5. The number of aryl methyl sites for hydroxylation is 1. The number of hydrogen-bond donors (Lipinski definition) is 5. The van der Waals surface area contributed by atoms with E-state index in [9.17, 15) is 24.3 Å². The van der Waals surface area contributed by atoms with E-state index in [1.54, 1.807) is 42.5 Å². The van der Waals surface area contributed by atoms with Crippen molar-refractivity contribution in [1.29, 1.82) is 0 Å². The van der Waals surface area contributed by atoms with E-state index >= 15 is 0 Å². The van der Waals surface area contributed by atoms with Crippen LogP contribution in [-0.4, -0.2) is 43.1 Å². The molecule has 0 aliphatic rings. The van der Waals surface area contributed by atoms with Gasteiger partial charge in [0, 0.05) is 29.4 Å². The normalized spacial score (nSPS) is 12.0. The van der Waals surface area contributed by atoms with E-state index < -0.39 is 29.9 Å². The van der Waals surface area contributed by atoms with E-state index in [0.29, 0.717) is 40.5 Å². The Hall–Kier alpha value is -5.06. The minimum atomic E-state index is -1.09. The first-order valence-corrected chi connectivity index (χ1v) is 14.3. The van der Waals surface area contributed by atoms with Crippen LogP contribution in [0.4, 0.5) is 21.9 Å². The minimum absolute atomic E-state index is 0.103. The lowest BCUT2D eigenvalue weighted by atomic mass is 9.92. The highest BCUT2D eigenvalue weighted by molar-refractivity contribution is 6.00. The number of aliphatic carboxylic acids is 1. The second-order valence-corrected chi connectivity index (χ2v) is 10.8. The zero-order chi connectivity index (χ0) is 32.2. The maximum Gasteiger partial charge on any atom is 0.323 e. The third-order valence-electron chi connectivity index (χ3n) is 6.88. The van der Waals surface area contributed by atoms with Gasteiger partial charge >= 0.3 is 12.0 Å². The Balaban J connectivity index is 1.64. The Kier molecular flexibility index (Phi) is 12.1. The molecular formula is C33H40N4O7. The molecule has 0 spiro atoms. The Labute approximate surface area is 257 Å². The molecule has 3 rings (SSSR count). The molecule has 0 aromatic heterocycles. The van der Waals surface area contributed by atoms with Gasteiger partial charge < -0.3 is 35.8 Å². The van der Waals surface area contributed by atoms with Gasteiger partial charge in [-0.2, -0.15) is 0 Å². The van der Waals surface area contributed by atoms with Crippen LogP contribution in [0.2, 0.25) is 0 Å². The summed E-state index contributed by atoms with van der Waals surface area (Å²) in [6.07, 6.45) is -0.0381. The smallest absolute Gasteiger partial charge is 0.323 e. The number of rotatable bonds is 14. The predicted octanol–water partition coefficient (Wildman–Crippen LogP) is 5.98. The SMILES string of the molecule is COc1ccc(C(CC(=O)O)NC(=O)C(CC(=O)Nc2ccc(NC(=O)Nc3ccccc3C)cc2)CC(C)C)cc1OC. The fraction of sp³-hybridized carbons (Fsp3) is 0.333. The Morgan fingerprint density at radius 3 is 2.02 bits per heavy atom. The van der Waals surface area contributed by atoms with Gasteiger partial charge in [-0.3, -0.25) is 14.4 Å². The maximum absolute atomic E-state index is 13.4. The Morgan fingerprint density at radius 2 is 1.43 bits per heavy atom. The van der Waals surface area contributed by atoms with Gasteiger partial charge in [-0.1, -0.05) is 38.1 Å². The minimum Gasteiger partial charge on any atom is -0.493 e. The van der Waals surface area contributed by atoms with Crippen molar-refractivity contribution in [3.05, 3.63) is 77.9 Å². The third kappa shape index (κ3) is 10.0. The van der Waals surface area contributed by atoms with Crippen LogP contribution >= 0.6 is 0 Å². The molecule has 0 aliphatic heterocycles. The molecule has 3 aromatic rings. The van der Waals surface area contributed by atoms with Gasteiger partial charge in [0.25, 0.3) is 0 Å². The molecule has 5 N–H and O–H groups in total. The Bertz CT molecular complexity index is 1460. The number of amides is 4. The summed E-state index contributed by atoms with van der Waals surface area (Å²) in [5.41, 5.74) is 3.20. The predicted molar refractivity (Wildman–Crippen MR) is 169 cm³/mol. The molecule has 3 aromatic carbocycles. The number of carbonyl (C=O) groups is 4. The highest BCUT2D eigenvalue weighted by Gasteiger charge is 2.27. The monoisotopic (exact) mass is 604 g/mol. The van der Waals surface area contributed by atoms with Crippen molar-refractivity contribution >= 4 is 40.9 Å². The fourth-order valence-electron chi connectivity index (χ4n) is 4.71. The Morgan fingerprint density at radius 1 is 0.795 bits per heavy atom. The van der Waals surface area contributed by atoms with Crippen LogP contribution in [0.25, 0.3) is 0 Å². The second kappa shape index (κ2) is 16.0. The number of benzene rings is 3. The number of anilines is 3. The molecule has 0 saturated carbocycles. The van der Waals surface area contributed by atoms with Crippen LogP contribution < -0.4 is 30.7 Å². The topological polar surface area (TPSA) is 155 Å². The molecule has 0 heterocycles. The third-order valence-corrected chi connectivity index (χ3v) is 6.88. The second-order valence-electron chi connectivity index (χ2n) is 10.8. The van der Waals surface area contributed by atoms with E-state index in [4.69, 9.17) is 9.47 Å². The lowest BCUT2D eigenvalue weighted by Gasteiger charge is -2.24. The van der Waals surface area contributed by atoms with Gasteiger partial charge in [0.05, 0.1) is 26.7 Å². The zero-order valence-corrected chi connectivity index (χ0v) is 25.6. The van der Waals surface area contributed by atoms with Crippen molar-refractivity contribution in [3.63, 3.8) is 0 Å². The number of ether oxygens (including phenoxy) is 2.